The maximum Gasteiger partial charge on any atom is 0.373 e. The molecule has 0 aromatic heterocycles. The largest absolute Gasteiger partial charge is 0.382 e. The van der Waals surface area contributed by atoms with E-state index in [4.69, 9.17) is 9.62 Å². The molecule has 112 valence electrons. The van der Waals surface area contributed by atoms with Crippen molar-refractivity contribution >= 4 is 5.97 Å². The number of ether oxygens (including phenoxy) is 1. The van der Waals surface area contributed by atoms with Crippen LogP contribution >= 0.6 is 0 Å². The highest BCUT2D eigenvalue weighted by atomic mass is 17.2. The van der Waals surface area contributed by atoms with Crippen LogP contribution in [-0.2, 0) is 20.9 Å². The number of carbonyl (C=O) groups excluding carboxylic acids is 1. The zero-order valence-corrected chi connectivity index (χ0v) is 12.4. The van der Waals surface area contributed by atoms with Crippen molar-refractivity contribution in [2.75, 3.05) is 20.3 Å². The maximum atomic E-state index is 11.6. The van der Waals surface area contributed by atoms with Gasteiger partial charge in [0.25, 0.3) is 0 Å². The standard InChI is InChI=1S/C16H24O4/c1-3-4-5-6-7-14-8-10-15(11-9-14)16(17)20-19-13-12-18-2/h8-11H,3-7,12-13H2,1-2H3. The molecule has 0 saturated carbocycles. The van der Waals surface area contributed by atoms with Gasteiger partial charge in [0.05, 0.1) is 12.2 Å². The molecule has 0 amide bonds. The monoisotopic (exact) mass is 280 g/mol. The van der Waals surface area contributed by atoms with E-state index < -0.39 is 5.97 Å². The molecule has 0 bridgehead atoms. The van der Waals surface area contributed by atoms with Crippen molar-refractivity contribution in [3.63, 3.8) is 0 Å². The first-order chi connectivity index (χ1) is 9.77. The normalized spacial score (nSPS) is 10.5. The number of unbranched alkanes of at least 4 members (excludes halogenated alkanes) is 3. The van der Waals surface area contributed by atoms with Gasteiger partial charge in [0.15, 0.2) is 0 Å². The SMILES string of the molecule is CCCCCCc1ccc(C(=O)OOCCOC)cc1. The molecule has 1 rings (SSSR count). The molecule has 4 heteroatoms. The number of rotatable bonds is 10. The molecule has 0 aliphatic heterocycles. The van der Waals surface area contributed by atoms with Crippen molar-refractivity contribution in [3.8, 4) is 0 Å². The lowest BCUT2D eigenvalue weighted by atomic mass is 10.0. The fraction of sp³-hybridized carbons (Fsp3) is 0.562. The first-order valence-electron chi connectivity index (χ1n) is 7.19. The van der Waals surface area contributed by atoms with Crippen LogP contribution in [0.1, 0.15) is 48.5 Å². The van der Waals surface area contributed by atoms with Crippen LogP contribution in [0.15, 0.2) is 24.3 Å². The summed E-state index contributed by atoms with van der Waals surface area (Å²) in [6.45, 7) is 2.83. The summed E-state index contributed by atoms with van der Waals surface area (Å²) in [4.78, 5) is 21.0. The lowest BCUT2D eigenvalue weighted by molar-refractivity contribution is -0.246. The molecule has 0 N–H and O–H groups in total. The van der Waals surface area contributed by atoms with E-state index in [0.29, 0.717) is 12.2 Å². The minimum atomic E-state index is -0.473. The van der Waals surface area contributed by atoms with Crippen LogP contribution in [0.25, 0.3) is 0 Å². The van der Waals surface area contributed by atoms with E-state index in [0.717, 1.165) is 6.42 Å². The van der Waals surface area contributed by atoms with Gasteiger partial charge in [-0.15, -0.1) is 0 Å². The molecule has 0 aliphatic carbocycles. The molecule has 0 heterocycles. The number of hydrogen-bond donors (Lipinski definition) is 0. The van der Waals surface area contributed by atoms with Crippen LogP contribution in [-0.4, -0.2) is 26.3 Å². The van der Waals surface area contributed by atoms with Crippen LogP contribution in [0.3, 0.4) is 0 Å². The molecule has 0 aliphatic rings. The average Bonchev–Trinajstić information content (AvgIpc) is 2.48. The van der Waals surface area contributed by atoms with Crippen molar-refractivity contribution in [1.29, 1.82) is 0 Å². The lowest BCUT2D eigenvalue weighted by Crippen LogP contribution is -2.09. The second-order valence-corrected chi connectivity index (χ2v) is 4.69. The Kier molecular flexibility index (Phi) is 8.67. The molecule has 1 aromatic carbocycles. The smallest absolute Gasteiger partial charge is 0.373 e. The molecule has 4 nitrogen and oxygen atoms in total. The van der Waals surface area contributed by atoms with Crippen LogP contribution in [0, 0.1) is 0 Å². The van der Waals surface area contributed by atoms with Gasteiger partial charge in [0.1, 0.15) is 6.61 Å². The second kappa shape index (κ2) is 10.4. The third-order valence-corrected chi connectivity index (χ3v) is 3.01. The van der Waals surface area contributed by atoms with Gasteiger partial charge in [-0.2, -0.15) is 4.89 Å². The quantitative estimate of drug-likeness (QED) is 0.373. The van der Waals surface area contributed by atoms with E-state index in [9.17, 15) is 4.79 Å². The lowest BCUT2D eigenvalue weighted by Gasteiger charge is -2.05. The molecular weight excluding hydrogens is 256 g/mol. The first kappa shape index (κ1) is 16.7. The molecule has 1 aromatic rings. The third-order valence-electron chi connectivity index (χ3n) is 3.01. The number of methoxy groups -OCH3 is 1. The Morgan fingerprint density at radius 3 is 2.45 bits per heavy atom. The highest BCUT2D eigenvalue weighted by Crippen LogP contribution is 2.10. The van der Waals surface area contributed by atoms with Crippen molar-refractivity contribution < 1.29 is 19.3 Å². The Balaban J connectivity index is 2.31. The molecule has 0 atom stereocenters. The fourth-order valence-corrected chi connectivity index (χ4v) is 1.82. The van der Waals surface area contributed by atoms with E-state index in [1.165, 1.54) is 31.2 Å². The topological polar surface area (TPSA) is 44.8 Å². The van der Waals surface area contributed by atoms with Gasteiger partial charge in [0, 0.05) is 7.11 Å². The Morgan fingerprint density at radius 2 is 1.80 bits per heavy atom. The van der Waals surface area contributed by atoms with E-state index in [1.807, 2.05) is 12.1 Å². The Morgan fingerprint density at radius 1 is 1.05 bits per heavy atom. The van der Waals surface area contributed by atoms with Crippen molar-refractivity contribution in [2.45, 2.75) is 39.0 Å². The van der Waals surface area contributed by atoms with Gasteiger partial charge in [-0.25, -0.2) is 4.79 Å². The number of hydrogen-bond acceptors (Lipinski definition) is 4. The predicted molar refractivity (Wildman–Crippen MR) is 77.5 cm³/mol. The molecule has 0 saturated heterocycles. The van der Waals surface area contributed by atoms with Gasteiger partial charge in [-0.1, -0.05) is 38.3 Å². The van der Waals surface area contributed by atoms with Crippen LogP contribution in [0.5, 0.6) is 0 Å². The van der Waals surface area contributed by atoms with E-state index in [2.05, 4.69) is 11.8 Å². The summed E-state index contributed by atoms with van der Waals surface area (Å²) in [7, 11) is 1.56. The predicted octanol–water partition coefficient (Wildman–Crippen LogP) is 3.54. The zero-order valence-electron chi connectivity index (χ0n) is 12.4. The third kappa shape index (κ3) is 6.68. The summed E-state index contributed by atoms with van der Waals surface area (Å²) in [5.74, 6) is -0.473. The van der Waals surface area contributed by atoms with Gasteiger partial charge in [-0.3, -0.25) is 4.89 Å². The molecule has 0 fully saturated rings. The summed E-state index contributed by atoms with van der Waals surface area (Å²) in [6, 6.07) is 7.49. The van der Waals surface area contributed by atoms with Crippen molar-refractivity contribution in [2.24, 2.45) is 0 Å². The maximum absolute atomic E-state index is 11.6. The highest BCUT2D eigenvalue weighted by Gasteiger charge is 2.08. The number of aryl methyl sites for hydroxylation is 1. The van der Waals surface area contributed by atoms with Crippen LogP contribution in [0.2, 0.25) is 0 Å². The average molecular weight is 280 g/mol. The minimum Gasteiger partial charge on any atom is -0.382 e. The molecule has 0 unspecified atom stereocenters. The van der Waals surface area contributed by atoms with Gasteiger partial charge in [0.2, 0.25) is 0 Å². The molecule has 20 heavy (non-hydrogen) atoms. The first-order valence-corrected chi connectivity index (χ1v) is 7.19. The summed E-state index contributed by atoms with van der Waals surface area (Å²) in [5.41, 5.74) is 1.75. The number of carbonyl (C=O) groups is 1. The summed E-state index contributed by atoms with van der Waals surface area (Å²) >= 11 is 0. The highest BCUT2D eigenvalue weighted by molar-refractivity contribution is 5.88. The van der Waals surface area contributed by atoms with E-state index in [1.54, 1.807) is 19.2 Å². The van der Waals surface area contributed by atoms with Crippen LogP contribution in [0.4, 0.5) is 0 Å². The Bertz CT molecular complexity index is 373. The van der Waals surface area contributed by atoms with Gasteiger partial charge < -0.3 is 4.74 Å². The molecule has 0 spiro atoms. The van der Waals surface area contributed by atoms with Gasteiger partial charge >= 0.3 is 5.97 Å². The van der Waals surface area contributed by atoms with Gasteiger partial charge in [-0.05, 0) is 30.5 Å². The fourth-order valence-electron chi connectivity index (χ4n) is 1.82. The summed E-state index contributed by atoms with van der Waals surface area (Å²) in [5, 5.41) is 0. The van der Waals surface area contributed by atoms with Crippen molar-refractivity contribution in [1.82, 2.24) is 0 Å². The number of benzene rings is 1. The Hall–Kier alpha value is -1.39. The van der Waals surface area contributed by atoms with Crippen LogP contribution < -0.4 is 0 Å². The second-order valence-electron chi connectivity index (χ2n) is 4.69. The minimum absolute atomic E-state index is 0.234. The Labute approximate surface area is 121 Å². The molecule has 0 radical (unpaired) electrons. The van der Waals surface area contributed by atoms with E-state index in [-0.39, 0.29) is 6.61 Å². The summed E-state index contributed by atoms with van der Waals surface area (Å²) in [6.07, 6.45) is 6.03. The van der Waals surface area contributed by atoms with Crippen molar-refractivity contribution in [3.05, 3.63) is 35.4 Å². The zero-order chi connectivity index (χ0) is 14.6. The molecular formula is C16H24O4. The summed E-state index contributed by atoms with van der Waals surface area (Å²) < 4.78 is 4.78. The van der Waals surface area contributed by atoms with E-state index >= 15 is 0 Å².